The van der Waals surface area contributed by atoms with E-state index < -0.39 is 4.92 Å². The van der Waals surface area contributed by atoms with Gasteiger partial charge in [-0.2, -0.15) is 5.10 Å². The number of nitrogens with one attached hydrogen (secondary N) is 1. The molecular formula is C16H14ClN3O3. The van der Waals surface area contributed by atoms with Crippen LogP contribution in [-0.4, -0.2) is 16.5 Å². The Morgan fingerprint density at radius 3 is 2.61 bits per heavy atom. The van der Waals surface area contributed by atoms with Gasteiger partial charge in [0.15, 0.2) is 0 Å². The monoisotopic (exact) mass is 331 g/mol. The summed E-state index contributed by atoms with van der Waals surface area (Å²) in [5, 5.41) is 14.9. The minimum absolute atomic E-state index is 0.0514. The first kappa shape index (κ1) is 16.6. The number of hydrazone groups is 1. The van der Waals surface area contributed by atoms with Crippen molar-refractivity contribution in [3.8, 4) is 0 Å². The molecule has 0 spiro atoms. The quantitative estimate of drug-likeness (QED) is 0.526. The second-order valence-electron chi connectivity index (χ2n) is 4.88. The second kappa shape index (κ2) is 7.02. The average Bonchev–Trinajstić information content (AvgIpc) is 2.52. The SMILES string of the molecule is C/C(=N/NC(=O)c1ccccc1C)c1ccc(Cl)c([N+](=O)[O-])c1. The zero-order valence-corrected chi connectivity index (χ0v) is 13.3. The second-order valence-corrected chi connectivity index (χ2v) is 5.28. The molecule has 1 N–H and O–H groups in total. The fraction of sp³-hybridized carbons (Fsp3) is 0.125. The van der Waals surface area contributed by atoms with Crippen LogP contribution in [0.4, 0.5) is 5.69 Å². The van der Waals surface area contributed by atoms with E-state index in [0.29, 0.717) is 16.8 Å². The van der Waals surface area contributed by atoms with Gasteiger partial charge in [-0.1, -0.05) is 35.9 Å². The number of carbonyl (C=O) groups is 1. The van der Waals surface area contributed by atoms with Crippen LogP contribution >= 0.6 is 11.6 Å². The number of nitrogens with zero attached hydrogens (tertiary/aromatic N) is 2. The Kier molecular flexibility index (Phi) is 5.08. The Balaban J connectivity index is 2.21. The summed E-state index contributed by atoms with van der Waals surface area (Å²) >= 11 is 5.77. The van der Waals surface area contributed by atoms with E-state index in [4.69, 9.17) is 11.6 Å². The summed E-state index contributed by atoms with van der Waals surface area (Å²) in [5.74, 6) is -0.342. The summed E-state index contributed by atoms with van der Waals surface area (Å²) in [6.45, 7) is 3.47. The lowest BCUT2D eigenvalue weighted by Gasteiger charge is -2.05. The number of nitro benzene ring substituents is 1. The fourth-order valence-corrected chi connectivity index (χ4v) is 2.15. The van der Waals surface area contributed by atoms with Crippen molar-refractivity contribution in [3.63, 3.8) is 0 Å². The van der Waals surface area contributed by atoms with Crippen LogP contribution in [0.2, 0.25) is 5.02 Å². The first-order valence-electron chi connectivity index (χ1n) is 6.74. The molecule has 23 heavy (non-hydrogen) atoms. The molecule has 0 fully saturated rings. The number of hydrogen-bond donors (Lipinski definition) is 1. The van der Waals surface area contributed by atoms with Crippen molar-refractivity contribution < 1.29 is 9.72 Å². The van der Waals surface area contributed by atoms with Crippen molar-refractivity contribution in [3.05, 3.63) is 74.3 Å². The summed E-state index contributed by atoms with van der Waals surface area (Å²) in [4.78, 5) is 22.4. The fourth-order valence-electron chi connectivity index (χ4n) is 1.96. The molecule has 118 valence electrons. The van der Waals surface area contributed by atoms with E-state index >= 15 is 0 Å². The van der Waals surface area contributed by atoms with Gasteiger partial charge in [0.2, 0.25) is 0 Å². The van der Waals surface area contributed by atoms with Crippen LogP contribution in [-0.2, 0) is 0 Å². The first-order chi connectivity index (χ1) is 10.9. The Morgan fingerprint density at radius 2 is 1.96 bits per heavy atom. The molecule has 0 aliphatic heterocycles. The molecule has 0 unspecified atom stereocenters. The van der Waals surface area contributed by atoms with E-state index in [1.165, 1.54) is 12.1 Å². The lowest BCUT2D eigenvalue weighted by atomic mass is 10.1. The molecule has 6 nitrogen and oxygen atoms in total. The van der Waals surface area contributed by atoms with Crippen molar-refractivity contribution in [1.29, 1.82) is 0 Å². The van der Waals surface area contributed by atoms with Gasteiger partial charge in [0.1, 0.15) is 5.02 Å². The van der Waals surface area contributed by atoms with E-state index in [-0.39, 0.29) is 16.6 Å². The van der Waals surface area contributed by atoms with E-state index in [9.17, 15) is 14.9 Å². The van der Waals surface area contributed by atoms with Crippen molar-refractivity contribution in [2.45, 2.75) is 13.8 Å². The normalized spacial score (nSPS) is 11.2. The molecule has 0 saturated heterocycles. The van der Waals surface area contributed by atoms with Crippen LogP contribution in [0.3, 0.4) is 0 Å². The molecule has 7 heteroatoms. The number of aryl methyl sites for hydroxylation is 1. The van der Waals surface area contributed by atoms with E-state index in [2.05, 4.69) is 10.5 Å². The standard InChI is InChI=1S/C16H14ClN3O3/c1-10-5-3-4-6-13(10)16(21)19-18-11(2)12-7-8-14(17)15(9-12)20(22)23/h3-9H,1-2H3,(H,19,21)/b18-11-. The third-order valence-corrected chi connectivity index (χ3v) is 3.60. The predicted octanol–water partition coefficient (Wildman–Crippen LogP) is 3.71. The third-order valence-electron chi connectivity index (χ3n) is 3.28. The lowest BCUT2D eigenvalue weighted by Crippen LogP contribution is -2.20. The highest BCUT2D eigenvalue weighted by Crippen LogP contribution is 2.25. The number of rotatable bonds is 4. The average molecular weight is 332 g/mol. The first-order valence-corrected chi connectivity index (χ1v) is 7.12. The zero-order chi connectivity index (χ0) is 17.0. The van der Waals surface area contributed by atoms with Gasteiger partial charge in [0.25, 0.3) is 11.6 Å². The van der Waals surface area contributed by atoms with Crippen LogP contribution in [0, 0.1) is 17.0 Å². The minimum Gasteiger partial charge on any atom is -0.267 e. The highest BCUT2D eigenvalue weighted by Gasteiger charge is 2.14. The van der Waals surface area contributed by atoms with E-state index in [1.54, 1.807) is 25.1 Å². The number of hydrogen-bond acceptors (Lipinski definition) is 4. The van der Waals surface area contributed by atoms with Gasteiger partial charge in [-0.25, -0.2) is 5.43 Å². The number of carbonyl (C=O) groups excluding carboxylic acids is 1. The Morgan fingerprint density at radius 1 is 1.26 bits per heavy atom. The Bertz CT molecular complexity index is 803. The topological polar surface area (TPSA) is 84.6 Å². The molecule has 0 aliphatic carbocycles. The lowest BCUT2D eigenvalue weighted by molar-refractivity contribution is -0.384. The molecule has 0 aliphatic rings. The van der Waals surface area contributed by atoms with Gasteiger partial charge < -0.3 is 0 Å². The van der Waals surface area contributed by atoms with Gasteiger partial charge in [-0.05, 0) is 31.5 Å². The molecule has 2 rings (SSSR count). The van der Waals surface area contributed by atoms with E-state index in [1.807, 2.05) is 19.1 Å². The molecule has 0 heterocycles. The summed E-state index contributed by atoms with van der Waals surface area (Å²) < 4.78 is 0. The predicted molar refractivity (Wildman–Crippen MR) is 89.0 cm³/mol. The van der Waals surface area contributed by atoms with E-state index in [0.717, 1.165) is 5.56 Å². The van der Waals surface area contributed by atoms with Crippen LogP contribution in [0.15, 0.2) is 47.6 Å². The van der Waals surface area contributed by atoms with Gasteiger partial charge in [-0.3, -0.25) is 14.9 Å². The maximum atomic E-state index is 12.1. The molecule has 0 saturated carbocycles. The molecule has 1 amide bonds. The van der Waals surface area contributed by atoms with Crippen molar-refractivity contribution in [1.82, 2.24) is 5.43 Å². The van der Waals surface area contributed by atoms with Crippen molar-refractivity contribution >= 4 is 28.9 Å². The maximum absolute atomic E-state index is 12.1. The molecule has 0 radical (unpaired) electrons. The number of nitro groups is 1. The van der Waals surface area contributed by atoms with Gasteiger partial charge in [0.05, 0.1) is 10.6 Å². The smallest absolute Gasteiger partial charge is 0.267 e. The summed E-state index contributed by atoms with van der Waals surface area (Å²) in [5.41, 5.74) is 4.54. The Labute approximate surface area is 137 Å². The largest absolute Gasteiger partial charge is 0.288 e. The van der Waals surface area contributed by atoms with Crippen molar-refractivity contribution in [2.24, 2.45) is 5.10 Å². The van der Waals surface area contributed by atoms with Crippen LogP contribution in [0.5, 0.6) is 0 Å². The maximum Gasteiger partial charge on any atom is 0.288 e. The molecule has 2 aromatic rings. The number of halogens is 1. The summed E-state index contributed by atoms with van der Waals surface area (Å²) in [6, 6.07) is 11.5. The summed E-state index contributed by atoms with van der Waals surface area (Å²) in [7, 11) is 0. The van der Waals surface area contributed by atoms with Crippen LogP contribution < -0.4 is 5.43 Å². The minimum atomic E-state index is -0.564. The highest BCUT2D eigenvalue weighted by atomic mass is 35.5. The van der Waals surface area contributed by atoms with Crippen LogP contribution in [0.1, 0.15) is 28.4 Å². The molecule has 0 atom stereocenters. The molecule has 2 aromatic carbocycles. The Hall–Kier alpha value is -2.73. The van der Waals surface area contributed by atoms with Gasteiger partial charge >= 0.3 is 0 Å². The van der Waals surface area contributed by atoms with Crippen LogP contribution in [0.25, 0.3) is 0 Å². The third kappa shape index (κ3) is 3.92. The molecular weight excluding hydrogens is 318 g/mol. The highest BCUT2D eigenvalue weighted by molar-refractivity contribution is 6.32. The van der Waals surface area contributed by atoms with Gasteiger partial charge in [0, 0.05) is 17.2 Å². The number of benzene rings is 2. The number of amides is 1. The van der Waals surface area contributed by atoms with Gasteiger partial charge in [-0.15, -0.1) is 0 Å². The zero-order valence-electron chi connectivity index (χ0n) is 12.5. The van der Waals surface area contributed by atoms with Crippen molar-refractivity contribution in [2.75, 3.05) is 0 Å². The summed E-state index contributed by atoms with van der Waals surface area (Å²) in [6.07, 6.45) is 0. The molecule has 0 aromatic heterocycles. The molecule has 0 bridgehead atoms.